The van der Waals surface area contributed by atoms with E-state index in [1.54, 1.807) is 19.2 Å². The standard InChI is InChI=1S/C27H26N4O3/c1-28-23-9-5-6-10-24(23)31(27(34)26(28)33)19-20-11-13-21(14-12-20)25(32)30-17-15-29(16-18-30)22-7-3-2-4-8-22/h2-14H,15-19H2,1H3. The van der Waals surface area contributed by atoms with Gasteiger partial charge in [-0.1, -0.05) is 42.5 Å². The second-order valence-corrected chi connectivity index (χ2v) is 8.56. The Labute approximate surface area is 197 Å². The van der Waals surface area contributed by atoms with Gasteiger partial charge in [-0.3, -0.25) is 19.0 Å². The number of amides is 1. The topological polar surface area (TPSA) is 67.5 Å². The average Bonchev–Trinajstić information content (AvgIpc) is 2.90. The number of piperazine rings is 1. The highest BCUT2D eigenvalue weighted by molar-refractivity contribution is 5.94. The van der Waals surface area contributed by atoms with Crippen molar-refractivity contribution in [3.63, 3.8) is 0 Å². The molecule has 1 saturated heterocycles. The van der Waals surface area contributed by atoms with Crippen LogP contribution in [0.15, 0.2) is 88.5 Å². The van der Waals surface area contributed by atoms with E-state index in [1.165, 1.54) is 14.8 Å². The highest BCUT2D eigenvalue weighted by Gasteiger charge is 2.22. The number of carbonyl (C=O) groups excluding carboxylic acids is 1. The molecule has 0 unspecified atom stereocenters. The van der Waals surface area contributed by atoms with Gasteiger partial charge in [0.25, 0.3) is 5.91 Å². The molecule has 0 spiro atoms. The molecule has 2 heterocycles. The molecule has 1 aromatic heterocycles. The summed E-state index contributed by atoms with van der Waals surface area (Å²) in [6, 6.07) is 24.9. The third kappa shape index (κ3) is 4.01. The normalized spacial score (nSPS) is 13.9. The predicted octanol–water partition coefficient (Wildman–Crippen LogP) is 2.71. The van der Waals surface area contributed by atoms with Crippen LogP contribution >= 0.6 is 0 Å². The van der Waals surface area contributed by atoms with E-state index in [2.05, 4.69) is 17.0 Å². The Hall–Kier alpha value is -4.13. The lowest BCUT2D eigenvalue weighted by Gasteiger charge is -2.36. The van der Waals surface area contributed by atoms with Gasteiger partial charge >= 0.3 is 11.1 Å². The summed E-state index contributed by atoms with van der Waals surface area (Å²) in [6.45, 7) is 3.20. The highest BCUT2D eigenvalue weighted by Crippen LogP contribution is 2.18. The van der Waals surface area contributed by atoms with Crippen LogP contribution in [0.4, 0.5) is 5.69 Å². The van der Waals surface area contributed by atoms with E-state index in [-0.39, 0.29) is 12.5 Å². The lowest BCUT2D eigenvalue weighted by molar-refractivity contribution is 0.0747. The van der Waals surface area contributed by atoms with Gasteiger partial charge in [0.05, 0.1) is 17.6 Å². The molecule has 0 aliphatic carbocycles. The Bertz CT molecular complexity index is 1450. The molecule has 0 saturated carbocycles. The minimum absolute atomic E-state index is 0.00968. The number of anilines is 1. The average molecular weight is 455 g/mol. The van der Waals surface area contributed by atoms with E-state index in [0.29, 0.717) is 29.7 Å². The van der Waals surface area contributed by atoms with Crippen molar-refractivity contribution in [3.05, 3.63) is 111 Å². The molecule has 34 heavy (non-hydrogen) atoms. The molecule has 7 nitrogen and oxygen atoms in total. The number of para-hydroxylation sites is 3. The van der Waals surface area contributed by atoms with Crippen LogP contribution in [0.1, 0.15) is 15.9 Å². The van der Waals surface area contributed by atoms with Crippen LogP contribution in [0.2, 0.25) is 0 Å². The summed E-state index contributed by atoms with van der Waals surface area (Å²) in [4.78, 5) is 42.3. The fraction of sp³-hybridized carbons (Fsp3) is 0.222. The van der Waals surface area contributed by atoms with Crippen molar-refractivity contribution in [1.29, 1.82) is 0 Å². The number of fused-ring (bicyclic) bond motifs is 1. The third-order valence-corrected chi connectivity index (χ3v) is 6.50. The zero-order valence-corrected chi connectivity index (χ0v) is 19.1. The first kappa shape index (κ1) is 21.7. The van der Waals surface area contributed by atoms with Crippen molar-refractivity contribution >= 4 is 22.6 Å². The number of aromatic nitrogens is 2. The van der Waals surface area contributed by atoms with Gasteiger partial charge in [-0.05, 0) is 42.0 Å². The van der Waals surface area contributed by atoms with Crippen LogP contribution < -0.4 is 16.0 Å². The molecule has 0 bridgehead atoms. The molecule has 0 N–H and O–H groups in total. The lowest BCUT2D eigenvalue weighted by atomic mass is 10.1. The highest BCUT2D eigenvalue weighted by atomic mass is 16.2. The number of carbonyl (C=O) groups is 1. The minimum Gasteiger partial charge on any atom is -0.368 e. The zero-order chi connectivity index (χ0) is 23.7. The number of rotatable bonds is 4. The van der Waals surface area contributed by atoms with E-state index in [4.69, 9.17) is 0 Å². The van der Waals surface area contributed by atoms with Crippen molar-refractivity contribution in [2.24, 2.45) is 7.05 Å². The van der Waals surface area contributed by atoms with Gasteiger partial charge in [-0.25, -0.2) is 0 Å². The minimum atomic E-state index is -0.558. The summed E-state index contributed by atoms with van der Waals surface area (Å²) in [5.74, 6) is 0.00968. The van der Waals surface area contributed by atoms with Crippen LogP contribution in [0.5, 0.6) is 0 Å². The molecule has 4 aromatic rings. The van der Waals surface area contributed by atoms with Gasteiger partial charge in [-0.2, -0.15) is 0 Å². The van der Waals surface area contributed by atoms with Crippen LogP contribution in [0, 0.1) is 0 Å². The molecule has 5 rings (SSSR count). The Balaban J connectivity index is 1.31. The first-order valence-corrected chi connectivity index (χ1v) is 11.4. The van der Waals surface area contributed by atoms with Gasteiger partial charge in [0, 0.05) is 44.5 Å². The Morgan fingerprint density at radius 3 is 2.03 bits per heavy atom. The number of nitrogens with zero attached hydrogens (tertiary/aromatic N) is 4. The molecule has 3 aromatic carbocycles. The monoisotopic (exact) mass is 454 g/mol. The fourth-order valence-corrected chi connectivity index (χ4v) is 4.54. The van der Waals surface area contributed by atoms with Crippen molar-refractivity contribution < 1.29 is 4.79 Å². The summed E-state index contributed by atoms with van der Waals surface area (Å²) in [5.41, 5.74) is 2.94. The van der Waals surface area contributed by atoms with Crippen molar-refractivity contribution in [2.45, 2.75) is 6.54 Å². The van der Waals surface area contributed by atoms with Crippen molar-refractivity contribution in [3.8, 4) is 0 Å². The first-order chi connectivity index (χ1) is 16.5. The summed E-state index contributed by atoms with van der Waals surface area (Å²) < 4.78 is 2.88. The zero-order valence-electron chi connectivity index (χ0n) is 19.1. The molecule has 0 atom stereocenters. The second kappa shape index (κ2) is 9.02. The lowest BCUT2D eigenvalue weighted by Crippen LogP contribution is -2.48. The van der Waals surface area contributed by atoms with Crippen LogP contribution in [0.25, 0.3) is 11.0 Å². The summed E-state index contributed by atoms with van der Waals surface area (Å²) in [7, 11) is 1.61. The third-order valence-electron chi connectivity index (χ3n) is 6.50. The molecule has 7 heteroatoms. The van der Waals surface area contributed by atoms with Gasteiger partial charge in [-0.15, -0.1) is 0 Å². The quantitative estimate of drug-likeness (QED) is 0.445. The van der Waals surface area contributed by atoms with Gasteiger partial charge in [0.15, 0.2) is 0 Å². The summed E-state index contributed by atoms with van der Waals surface area (Å²) in [6.07, 6.45) is 0. The maximum absolute atomic E-state index is 13.0. The Kier molecular flexibility index (Phi) is 5.76. The van der Waals surface area contributed by atoms with E-state index in [9.17, 15) is 14.4 Å². The molecule has 1 aliphatic heterocycles. The molecule has 1 aliphatic rings. The van der Waals surface area contributed by atoms with Gasteiger partial charge in [0.2, 0.25) is 0 Å². The summed E-state index contributed by atoms with van der Waals surface area (Å²) >= 11 is 0. The van der Waals surface area contributed by atoms with Crippen LogP contribution in [-0.4, -0.2) is 46.1 Å². The Morgan fingerprint density at radius 1 is 0.735 bits per heavy atom. The number of aryl methyl sites for hydroxylation is 1. The maximum Gasteiger partial charge on any atom is 0.317 e. The van der Waals surface area contributed by atoms with Crippen molar-refractivity contribution in [2.75, 3.05) is 31.1 Å². The summed E-state index contributed by atoms with van der Waals surface area (Å²) in [5, 5.41) is 0. The molecular weight excluding hydrogens is 428 g/mol. The Morgan fingerprint density at radius 2 is 1.35 bits per heavy atom. The SMILES string of the molecule is Cn1c(=O)c(=O)n(Cc2ccc(C(=O)N3CCN(c4ccccc4)CC3)cc2)c2ccccc21. The van der Waals surface area contributed by atoms with Crippen LogP contribution in [0.3, 0.4) is 0 Å². The second-order valence-electron chi connectivity index (χ2n) is 8.56. The fourth-order valence-electron chi connectivity index (χ4n) is 4.54. The van der Waals surface area contributed by atoms with E-state index < -0.39 is 11.1 Å². The predicted molar refractivity (Wildman–Crippen MR) is 134 cm³/mol. The molecule has 0 radical (unpaired) electrons. The molecule has 172 valence electrons. The van der Waals surface area contributed by atoms with Crippen LogP contribution in [-0.2, 0) is 13.6 Å². The van der Waals surface area contributed by atoms with Crippen molar-refractivity contribution in [1.82, 2.24) is 14.0 Å². The number of hydrogen-bond donors (Lipinski definition) is 0. The molecular formula is C27H26N4O3. The van der Waals surface area contributed by atoms with E-state index >= 15 is 0 Å². The number of hydrogen-bond acceptors (Lipinski definition) is 4. The maximum atomic E-state index is 13.0. The van der Waals surface area contributed by atoms with E-state index in [1.807, 2.05) is 59.5 Å². The largest absolute Gasteiger partial charge is 0.368 e. The molecule has 1 amide bonds. The first-order valence-electron chi connectivity index (χ1n) is 11.4. The number of benzene rings is 3. The van der Waals surface area contributed by atoms with Gasteiger partial charge < -0.3 is 14.4 Å². The van der Waals surface area contributed by atoms with Gasteiger partial charge in [0.1, 0.15) is 0 Å². The smallest absolute Gasteiger partial charge is 0.317 e. The molecule has 1 fully saturated rings. The van der Waals surface area contributed by atoms with E-state index in [0.717, 1.165) is 18.7 Å².